The van der Waals surface area contributed by atoms with Crippen LogP contribution in [0.1, 0.15) is 10.5 Å². The molecule has 3 aromatic rings. The van der Waals surface area contributed by atoms with Gasteiger partial charge in [-0.15, -0.1) is 0 Å². The second-order valence-electron chi connectivity index (χ2n) is 6.65. The Morgan fingerprint density at radius 2 is 1.54 bits per heavy atom. The molecule has 1 aromatic heterocycles. The Kier molecular flexibility index (Phi) is 5.19. The summed E-state index contributed by atoms with van der Waals surface area (Å²) in [6, 6.07) is 19.8. The normalized spacial score (nSPS) is 14.0. The summed E-state index contributed by atoms with van der Waals surface area (Å²) in [5, 5.41) is 2.83. The summed E-state index contributed by atoms with van der Waals surface area (Å²) in [6.45, 7) is 3.01. The number of benzene rings is 2. The monoisotopic (exact) mass is 376 g/mol. The molecular weight excluding hydrogens is 355 g/mol. The van der Waals surface area contributed by atoms with Crippen LogP contribution >= 0.6 is 0 Å². The summed E-state index contributed by atoms with van der Waals surface area (Å²) in [6.07, 6.45) is 1.72. The molecule has 1 aliphatic heterocycles. The van der Waals surface area contributed by atoms with Crippen molar-refractivity contribution in [1.29, 1.82) is 0 Å². The lowest BCUT2D eigenvalue weighted by Crippen LogP contribution is -2.46. The van der Waals surface area contributed by atoms with Crippen molar-refractivity contribution in [2.45, 2.75) is 0 Å². The van der Waals surface area contributed by atoms with Crippen molar-refractivity contribution >= 4 is 23.0 Å². The molecule has 1 fully saturated rings. The number of nitrogens with zero attached hydrogens (tertiary/aromatic N) is 3. The maximum Gasteiger partial charge on any atom is 0.274 e. The van der Waals surface area contributed by atoms with E-state index in [1.165, 1.54) is 6.07 Å². The minimum Gasteiger partial charge on any atom is -0.367 e. The highest BCUT2D eigenvalue weighted by molar-refractivity contribution is 6.02. The first-order chi connectivity index (χ1) is 13.7. The summed E-state index contributed by atoms with van der Waals surface area (Å²) in [5.41, 5.74) is 2.72. The predicted octanol–water partition coefficient (Wildman–Crippen LogP) is 3.80. The number of piperazine rings is 1. The molecule has 0 aliphatic carbocycles. The van der Waals surface area contributed by atoms with Crippen molar-refractivity contribution < 1.29 is 9.18 Å². The molecular formula is C22H21FN4O. The van der Waals surface area contributed by atoms with Gasteiger partial charge in [0.1, 0.15) is 11.5 Å². The molecule has 0 unspecified atom stereocenters. The van der Waals surface area contributed by atoms with Crippen LogP contribution in [0.2, 0.25) is 0 Å². The van der Waals surface area contributed by atoms with Gasteiger partial charge in [-0.3, -0.25) is 4.79 Å². The summed E-state index contributed by atoms with van der Waals surface area (Å²) < 4.78 is 14.0. The van der Waals surface area contributed by atoms with E-state index in [2.05, 4.69) is 20.1 Å². The molecule has 0 atom stereocenters. The van der Waals surface area contributed by atoms with Crippen LogP contribution in [0.3, 0.4) is 0 Å². The van der Waals surface area contributed by atoms with Crippen LogP contribution in [0.25, 0.3) is 0 Å². The molecule has 142 valence electrons. The molecule has 1 aliphatic rings. The quantitative estimate of drug-likeness (QED) is 0.753. The van der Waals surface area contributed by atoms with Crippen molar-refractivity contribution in [2.24, 2.45) is 0 Å². The molecule has 28 heavy (non-hydrogen) atoms. The second kappa shape index (κ2) is 8.08. The van der Waals surface area contributed by atoms with E-state index in [1.807, 2.05) is 48.5 Å². The molecule has 1 amide bonds. The minimum atomic E-state index is -0.234. The largest absolute Gasteiger partial charge is 0.367 e. The third-order valence-electron chi connectivity index (χ3n) is 4.85. The van der Waals surface area contributed by atoms with E-state index >= 15 is 0 Å². The number of rotatable bonds is 4. The third kappa shape index (κ3) is 3.96. The van der Waals surface area contributed by atoms with Crippen molar-refractivity contribution in [3.05, 3.63) is 84.4 Å². The molecule has 0 spiro atoms. The zero-order valence-corrected chi connectivity index (χ0v) is 15.4. The number of halogens is 1. The number of carbonyl (C=O) groups excluding carboxylic acids is 1. The van der Waals surface area contributed by atoms with Gasteiger partial charge in [0.2, 0.25) is 0 Å². The van der Waals surface area contributed by atoms with Crippen molar-refractivity contribution in [2.75, 3.05) is 41.3 Å². The number of nitrogens with one attached hydrogen (secondary N) is 1. The van der Waals surface area contributed by atoms with Crippen LogP contribution in [-0.2, 0) is 0 Å². The van der Waals surface area contributed by atoms with Gasteiger partial charge in [0, 0.05) is 31.9 Å². The number of carbonyl (C=O) groups is 1. The van der Waals surface area contributed by atoms with Crippen LogP contribution in [-0.4, -0.2) is 37.1 Å². The maximum atomic E-state index is 14.0. The Hall–Kier alpha value is -3.41. The lowest BCUT2D eigenvalue weighted by atomic mass is 10.2. The first-order valence-corrected chi connectivity index (χ1v) is 9.27. The number of hydrogen-bond acceptors (Lipinski definition) is 4. The zero-order valence-electron chi connectivity index (χ0n) is 15.4. The van der Waals surface area contributed by atoms with E-state index in [0.29, 0.717) is 11.4 Å². The van der Waals surface area contributed by atoms with E-state index in [0.717, 1.165) is 37.6 Å². The summed E-state index contributed by atoms with van der Waals surface area (Å²) in [4.78, 5) is 20.9. The van der Waals surface area contributed by atoms with Gasteiger partial charge in [-0.1, -0.05) is 30.3 Å². The molecule has 1 saturated heterocycles. The van der Waals surface area contributed by atoms with Gasteiger partial charge in [-0.2, -0.15) is 0 Å². The number of aromatic nitrogens is 1. The van der Waals surface area contributed by atoms with Gasteiger partial charge >= 0.3 is 0 Å². The van der Waals surface area contributed by atoms with Gasteiger partial charge in [-0.05, 0) is 36.4 Å². The molecule has 2 aromatic carbocycles. The van der Waals surface area contributed by atoms with Crippen molar-refractivity contribution in [3.63, 3.8) is 0 Å². The lowest BCUT2D eigenvalue weighted by molar-refractivity contribution is 0.102. The molecule has 4 rings (SSSR count). The molecule has 2 heterocycles. The number of pyridine rings is 1. The highest BCUT2D eigenvalue weighted by Crippen LogP contribution is 2.22. The van der Waals surface area contributed by atoms with Crippen LogP contribution in [0.4, 0.5) is 21.5 Å². The van der Waals surface area contributed by atoms with Gasteiger partial charge in [0.05, 0.1) is 17.6 Å². The number of hydrogen-bond donors (Lipinski definition) is 1. The number of amides is 1. The van der Waals surface area contributed by atoms with Crippen molar-refractivity contribution in [3.8, 4) is 0 Å². The van der Waals surface area contributed by atoms with Crippen molar-refractivity contribution in [1.82, 2.24) is 4.98 Å². The molecule has 0 saturated carbocycles. The first-order valence-electron chi connectivity index (χ1n) is 9.27. The Balaban J connectivity index is 1.37. The van der Waals surface area contributed by atoms with E-state index in [4.69, 9.17) is 0 Å². The Bertz CT molecular complexity index is 938. The molecule has 0 bridgehead atoms. The highest BCUT2D eigenvalue weighted by Gasteiger charge is 2.20. The molecule has 6 heteroatoms. The standard InChI is InChI=1S/C22H21FN4O/c23-19-8-4-5-9-21(19)27-14-12-26(13-15-27)18-10-11-20(24-16-18)22(28)25-17-6-2-1-3-7-17/h1-11,16H,12-15H2,(H,25,28). The predicted molar refractivity (Wildman–Crippen MR) is 109 cm³/mol. The van der Waals surface area contributed by atoms with E-state index < -0.39 is 0 Å². The van der Waals surface area contributed by atoms with Crippen LogP contribution < -0.4 is 15.1 Å². The fourth-order valence-electron chi connectivity index (χ4n) is 3.34. The Morgan fingerprint density at radius 3 is 2.21 bits per heavy atom. The van der Waals surface area contributed by atoms with E-state index in [9.17, 15) is 9.18 Å². The van der Waals surface area contributed by atoms with Crippen LogP contribution in [0, 0.1) is 5.82 Å². The summed E-state index contributed by atoms with van der Waals surface area (Å²) >= 11 is 0. The van der Waals surface area contributed by atoms with E-state index in [-0.39, 0.29) is 11.7 Å². The average Bonchev–Trinajstić information content (AvgIpc) is 2.75. The van der Waals surface area contributed by atoms with Gasteiger partial charge < -0.3 is 15.1 Å². The van der Waals surface area contributed by atoms with Gasteiger partial charge in [0.15, 0.2) is 0 Å². The zero-order chi connectivity index (χ0) is 19.3. The van der Waals surface area contributed by atoms with Crippen LogP contribution in [0.5, 0.6) is 0 Å². The number of para-hydroxylation sites is 2. The molecule has 1 N–H and O–H groups in total. The maximum absolute atomic E-state index is 14.0. The van der Waals surface area contributed by atoms with Gasteiger partial charge in [-0.25, -0.2) is 9.37 Å². The van der Waals surface area contributed by atoms with Gasteiger partial charge in [0.25, 0.3) is 5.91 Å². The van der Waals surface area contributed by atoms with E-state index in [1.54, 1.807) is 18.3 Å². The first kappa shape index (κ1) is 18.0. The third-order valence-corrected chi connectivity index (χ3v) is 4.85. The SMILES string of the molecule is O=C(Nc1ccccc1)c1ccc(N2CCN(c3ccccc3F)CC2)cn1. The molecule has 0 radical (unpaired) electrons. The fraction of sp³-hybridized carbons (Fsp3) is 0.182. The second-order valence-corrected chi connectivity index (χ2v) is 6.65. The Morgan fingerprint density at radius 1 is 0.857 bits per heavy atom. The van der Waals surface area contributed by atoms with Crippen LogP contribution in [0.15, 0.2) is 72.9 Å². The number of anilines is 3. The highest BCUT2D eigenvalue weighted by atomic mass is 19.1. The molecule has 5 nitrogen and oxygen atoms in total. The summed E-state index contributed by atoms with van der Waals surface area (Å²) in [7, 11) is 0. The smallest absolute Gasteiger partial charge is 0.274 e. The minimum absolute atomic E-state index is 0.189. The average molecular weight is 376 g/mol. The summed E-state index contributed by atoms with van der Waals surface area (Å²) in [5.74, 6) is -0.423. The topological polar surface area (TPSA) is 48.5 Å². The Labute approximate surface area is 163 Å². The fourth-order valence-corrected chi connectivity index (χ4v) is 3.34. The lowest BCUT2D eigenvalue weighted by Gasteiger charge is -2.37.